The van der Waals surface area contributed by atoms with Crippen molar-refractivity contribution in [3.05, 3.63) is 57.5 Å². The summed E-state index contributed by atoms with van der Waals surface area (Å²) in [5.41, 5.74) is 6.50. The molecule has 0 bridgehead atoms. The topological polar surface area (TPSA) is 53.1 Å². The number of hydrogen-bond donors (Lipinski definition) is 2. The van der Waals surface area contributed by atoms with Crippen molar-refractivity contribution >= 4 is 17.2 Å². The minimum atomic E-state index is -0.278. The van der Waals surface area contributed by atoms with Gasteiger partial charge in [0.25, 0.3) is 0 Å². The molecular weight excluding hydrogens is 285 g/mol. The molecule has 1 aliphatic rings. The average Bonchev–Trinajstić information content (AvgIpc) is 3.18. The fourth-order valence-corrected chi connectivity index (χ4v) is 3.15. The molecule has 3 N–H and O–H groups in total. The number of nitrogens with zero attached hydrogens (tertiary/aromatic N) is 1. The summed E-state index contributed by atoms with van der Waals surface area (Å²) >= 11 is 1.74. The highest BCUT2D eigenvalue weighted by Gasteiger charge is 2.29. The molecular formula is C16H18FN3S. The first-order chi connectivity index (χ1) is 10.1. The Labute approximate surface area is 127 Å². The highest BCUT2D eigenvalue weighted by Crippen LogP contribution is 2.31. The first kappa shape index (κ1) is 14.2. The molecule has 0 spiro atoms. The van der Waals surface area contributed by atoms with Gasteiger partial charge >= 0.3 is 0 Å². The molecule has 0 saturated heterocycles. The number of nitrogen functional groups attached to an aromatic ring is 1. The third kappa shape index (κ3) is 3.49. The van der Waals surface area contributed by atoms with E-state index in [1.807, 2.05) is 6.07 Å². The van der Waals surface area contributed by atoms with Crippen LogP contribution in [0.3, 0.4) is 0 Å². The normalized spacial score (nSPS) is 14.6. The van der Waals surface area contributed by atoms with Crippen LogP contribution in [-0.4, -0.2) is 16.8 Å². The molecule has 1 fully saturated rings. The first-order valence-corrected chi connectivity index (χ1v) is 7.90. The van der Waals surface area contributed by atoms with Gasteiger partial charge in [-0.2, -0.15) is 0 Å². The third-order valence-corrected chi connectivity index (χ3v) is 4.60. The van der Waals surface area contributed by atoms with Crippen LogP contribution in [-0.2, 0) is 13.1 Å². The van der Waals surface area contributed by atoms with E-state index in [1.54, 1.807) is 23.5 Å². The van der Waals surface area contributed by atoms with Crippen LogP contribution in [0.5, 0.6) is 0 Å². The van der Waals surface area contributed by atoms with Crippen molar-refractivity contribution in [2.24, 2.45) is 5.73 Å². The third-order valence-electron chi connectivity index (χ3n) is 3.74. The molecule has 1 heterocycles. The Morgan fingerprint density at radius 3 is 2.71 bits per heavy atom. The summed E-state index contributed by atoms with van der Waals surface area (Å²) in [7, 11) is 0. The van der Waals surface area contributed by atoms with Gasteiger partial charge in [0, 0.05) is 35.1 Å². The van der Waals surface area contributed by atoms with Crippen LogP contribution < -0.4 is 5.73 Å². The van der Waals surface area contributed by atoms with E-state index in [4.69, 9.17) is 11.1 Å². The Hall–Kier alpha value is -1.72. The van der Waals surface area contributed by atoms with Gasteiger partial charge in [-0.15, -0.1) is 11.3 Å². The Kier molecular flexibility index (Phi) is 4.03. The molecule has 5 heteroatoms. The van der Waals surface area contributed by atoms with E-state index in [-0.39, 0.29) is 11.7 Å². The van der Waals surface area contributed by atoms with Gasteiger partial charge in [-0.25, -0.2) is 4.39 Å². The second-order valence-corrected chi connectivity index (χ2v) is 6.47. The predicted molar refractivity (Wildman–Crippen MR) is 84.0 cm³/mol. The van der Waals surface area contributed by atoms with Crippen LogP contribution in [0.25, 0.3) is 0 Å². The lowest BCUT2D eigenvalue weighted by molar-refractivity contribution is 0.244. The van der Waals surface area contributed by atoms with Crippen LogP contribution in [0.4, 0.5) is 4.39 Å². The van der Waals surface area contributed by atoms with Gasteiger partial charge in [0.2, 0.25) is 0 Å². The van der Waals surface area contributed by atoms with Crippen LogP contribution >= 0.6 is 11.3 Å². The second-order valence-electron chi connectivity index (χ2n) is 5.44. The highest BCUT2D eigenvalue weighted by molar-refractivity contribution is 7.09. The van der Waals surface area contributed by atoms with Crippen molar-refractivity contribution in [3.8, 4) is 0 Å². The monoisotopic (exact) mass is 303 g/mol. The Morgan fingerprint density at radius 2 is 2.14 bits per heavy atom. The molecule has 3 rings (SSSR count). The Morgan fingerprint density at radius 1 is 1.33 bits per heavy atom. The van der Waals surface area contributed by atoms with Crippen molar-refractivity contribution in [2.75, 3.05) is 0 Å². The predicted octanol–water partition coefficient (Wildman–Crippen LogP) is 3.34. The molecule has 0 atom stereocenters. The lowest BCUT2D eigenvalue weighted by Gasteiger charge is -2.21. The van der Waals surface area contributed by atoms with Crippen molar-refractivity contribution < 1.29 is 4.39 Å². The maximum Gasteiger partial charge on any atom is 0.128 e. The summed E-state index contributed by atoms with van der Waals surface area (Å²) in [5, 5.41) is 9.43. The smallest absolute Gasteiger partial charge is 0.128 e. The summed E-state index contributed by atoms with van der Waals surface area (Å²) in [6.45, 7) is 1.48. The SMILES string of the molecule is N=C(N)c1ccc(CN(Cc2cccs2)C2CC2)c(F)c1. The molecule has 2 aromatic rings. The van der Waals surface area contributed by atoms with Crippen molar-refractivity contribution in [3.63, 3.8) is 0 Å². The zero-order valence-corrected chi connectivity index (χ0v) is 12.5. The van der Waals surface area contributed by atoms with Gasteiger partial charge in [0.1, 0.15) is 11.7 Å². The molecule has 1 aromatic heterocycles. The van der Waals surface area contributed by atoms with Crippen LogP contribution in [0, 0.1) is 11.2 Å². The number of thiophene rings is 1. The zero-order valence-electron chi connectivity index (χ0n) is 11.7. The van der Waals surface area contributed by atoms with E-state index >= 15 is 0 Å². The first-order valence-electron chi connectivity index (χ1n) is 7.03. The van der Waals surface area contributed by atoms with E-state index < -0.39 is 0 Å². The van der Waals surface area contributed by atoms with Gasteiger partial charge in [0.05, 0.1) is 0 Å². The number of halogens is 1. The molecule has 110 valence electrons. The number of nitrogens with one attached hydrogen (secondary N) is 1. The molecule has 0 amide bonds. The summed E-state index contributed by atoms with van der Waals surface area (Å²) in [4.78, 5) is 3.64. The molecule has 1 aliphatic carbocycles. The maximum absolute atomic E-state index is 14.2. The van der Waals surface area contributed by atoms with Crippen molar-refractivity contribution in [1.82, 2.24) is 4.90 Å². The van der Waals surface area contributed by atoms with Crippen molar-refractivity contribution in [1.29, 1.82) is 5.41 Å². The fraction of sp³-hybridized carbons (Fsp3) is 0.312. The number of hydrogen-bond acceptors (Lipinski definition) is 3. The quantitative estimate of drug-likeness (QED) is 0.635. The standard InChI is InChI=1S/C16H18FN3S/c17-15-8-11(16(18)19)3-4-12(15)9-20(13-5-6-13)10-14-2-1-7-21-14/h1-4,7-8,13H,5-6,9-10H2,(H3,18,19). The number of amidine groups is 1. The van der Waals surface area contributed by atoms with Crippen molar-refractivity contribution in [2.45, 2.75) is 32.0 Å². The Bertz CT molecular complexity index is 635. The fourth-order valence-electron chi connectivity index (χ4n) is 2.42. The zero-order chi connectivity index (χ0) is 14.8. The van der Waals surface area contributed by atoms with Gasteiger partial charge in [-0.1, -0.05) is 18.2 Å². The molecule has 1 aromatic carbocycles. The summed E-state index contributed by atoms with van der Waals surface area (Å²) in [5.74, 6) is -0.377. The lowest BCUT2D eigenvalue weighted by Crippen LogP contribution is -2.25. The Balaban J connectivity index is 1.75. The van der Waals surface area contributed by atoms with E-state index in [1.165, 1.54) is 23.8 Å². The van der Waals surface area contributed by atoms with Gasteiger partial charge in [0.15, 0.2) is 0 Å². The average molecular weight is 303 g/mol. The molecule has 0 radical (unpaired) electrons. The van der Waals surface area contributed by atoms with E-state index in [9.17, 15) is 4.39 Å². The number of rotatable bonds is 6. The van der Waals surface area contributed by atoms with Gasteiger partial charge in [-0.05, 0) is 30.4 Å². The summed E-state index contributed by atoms with van der Waals surface area (Å²) < 4.78 is 14.2. The highest BCUT2D eigenvalue weighted by atomic mass is 32.1. The van der Waals surface area contributed by atoms with E-state index in [2.05, 4.69) is 16.3 Å². The minimum absolute atomic E-state index is 0.0990. The molecule has 1 saturated carbocycles. The van der Waals surface area contributed by atoms with Gasteiger partial charge < -0.3 is 5.73 Å². The van der Waals surface area contributed by atoms with Gasteiger partial charge in [-0.3, -0.25) is 10.3 Å². The largest absolute Gasteiger partial charge is 0.384 e. The summed E-state index contributed by atoms with van der Waals surface area (Å²) in [6, 6.07) is 9.56. The second kappa shape index (κ2) is 5.95. The van der Waals surface area contributed by atoms with E-state index in [0.29, 0.717) is 23.7 Å². The lowest BCUT2D eigenvalue weighted by atomic mass is 10.1. The molecule has 21 heavy (non-hydrogen) atoms. The van der Waals surface area contributed by atoms with Crippen LogP contribution in [0.1, 0.15) is 28.8 Å². The molecule has 0 aliphatic heterocycles. The summed E-state index contributed by atoms with van der Waals surface area (Å²) in [6.07, 6.45) is 2.39. The molecule has 3 nitrogen and oxygen atoms in total. The van der Waals surface area contributed by atoms with Crippen LogP contribution in [0.15, 0.2) is 35.7 Å². The number of benzene rings is 1. The maximum atomic E-state index is 14.2. The minimum Gasteiger partial charge on any atom is -0.384 e. The van der Waals surface area contributed by atoms with E-state index in [0.717, 1.165) is 6.54 Å². The van der Waals surface area contributed by atoms with Crippen LogP contribution in [0.2, 0.25) is 0 Å². The number of nitrogens with two attached hydrogens (primary N) is 1. The molecule has 0 unspecified atom stereocenters.